The zero-order chi connectivity index (χ0) is 26.3. The lowest BCUT2D eigenvalue weighted by Crippen LogP contribution is -2.39. The number of carbonyl (C=O) groups is 1. The Labute approximate surface area is 214 Å². The van der Waals surface area contributed by atoms with Crippen LogP contribution >= 0.6 is 0 Å². The van der Waals surface area contributed by atoms with E-state index in [0.29, 0.717) is 41.4 Å². The van der Waals surface area contributed by atoms with E-state index in [4.69, 9.17) is 9.47 Å². The zero-order valence-corrected chi connectivity index (χ0v) is 22.2. The molecule has 0 atom stereocenters. The third-order valence-corrected chi connectivity index (χ3v) is 7.62. The normalized spacial score (nSPS) is 11.7. The van der Waals surface area contributed by atoms with E-state index < -0.39 is 9.84 Å². The van der Waals surface area contributed by atoms with Crippen LogP contribution in [0.3, 0.4) is 0 Å². The van der Waals surface area contributed by atoms with Gasteiger partial charge in [0.05, 0.1) is 16.9 Å². The minimum atomic E-state index is -3.65. The van der Waals surface area contributed by atoms with Gasteiger partial charge in [0.1, 0.15) is 6.61 Å². The lowest BCUT2D eigenvalue weighted by molar-refractivity contribution is 0.102. The van der Waals surface area contributed by atoms with Crippen molar-refractivity contribution in [3.05, 3.63) is 78.4 Å². The van der Waals surface area contributed by atoms with E-state index in [0.717, 1.165) is 6.54 Å². The van der Waals surface area contributed by atoms with E-state index in [9.17, 15) is 13.2 Å². The minimum Gasteiger partial charge on any atom is -0.493 e. The van der Waals surface area contributed by atoms with Crippen LogP contribution in [-0.4, -0.2) is 51.6 Å². The maximum atomic E-state index is 12.8. The van der Waals surface area contributed by atoms with Gasteiger partial charge >= 0.3 is 0 Å². The Morgan fingerprint density at radius 3 is 2.06 bits per heavy atom. The molecule has 0 aliphatic rings. The fourth-order valence-corrected chi connectivity index (χ4v) is 5.25. The van der Waals surface area contributed by atoms with Crippen LogP contribution in [0.25, 0.3) is 0 Å². The number of amides is 1. The summed E-state index contributed by atoms with van der Waals surface area (Å²) in [4.78, 5) is 15.5. The molecule has 3 rings (SSSR count). The number of anilines is 1. The van der Waals surface area contributed by atoms with E-state index >= 15 is 0 Å². The smallest absolute Gasteiger partial charge is 0.255 e. The average Bonchev–Trinajstić information content (AvgIpc) is 2.87. The number of methoxy groups -OCH3 is 1. The summed E-state index contributed by atoms with van der Waals surface area (Å²) in [6.07, 6.45) is 0. The van der Waals surface area contributed by atoms with Crippen molar-refractivity contribution in [3.63, 3.8) is 0 Å². The van der Waals surface area contributed by atoms with Crippen molar-refractivity contribution < 1.29 is 22.7 Å². The Bertz CT molecular complexity index is 1250. The average molecular weight is 511 g/mol. The van der Waals surface area contributed by atoms with E-state index in [1.165, 1.54) is 24.3 Å². The molecule has 8 heteroatoms. The second-order valence-electron chi connectivity index (χ2n) is 8.93. The van der Waals surface area contributed by atoms with Gasteiger partial charge in [0.25, 0.3) is 5.91 Å². The molecule has 1 amide bonds. The number of carbonyl (C=O) groups excluding carboxylic acids is 1. The van der Waals surface area contributed by atoms with Gasteiger partial charge in [0.15, 0.2) is 11.5 Å². The van der Waals surface area contributed by atoms with Gasteiger partial charge in [-0.1, -0.05) is 18.2 Å². The Hall–Kier alpha value is -3.36. The van der Waals surface area contributed by atoms with Crippen LogP contribution in [0.1, 0.15) is 38.1 Å². The van der Waals surface area contributed by atoms with Gasteiger partial charge in [-0.05, 0) is 76.2 Å². The third-order valence-electron chi connectivity index (χ3n) is 5.84. The van der Waals surface area contributed by atoms with Crippen LogP contribution in [-0.2, 0) is 9.84 Å². The summed E-state index contributed by atoms with van der Waals surface area (Å²) in [5.41, 5.74) is 0.881. The van der Waals surface area contributed by atoms with Gasteiger partial charge in [-0.2, -0.15) is 0 Å². The molecule has 0 radical (unpaired) electrons. The van der Waals surface area contributed by atoms with Crippen molar-refractivity contribution in [1.82, 2.24) is 4.90 Å². The maximum Gasteiger partial charge on any atom is 0.255 e. The van der Waals surface area contributed by atoms with Crippen molar-refractivity contribution in [2.45, 2.75) is 49.6 Å². The first-order valence-electron chi connectivity index (χ1n) is 11.9. The number of hydrogen-bond acceptors (Lipinski definition) is 6. The van der Waals surface area contributed by atoms with Crippen LogP contribution in [0.2, 0.25) is 0 Å². The molecule has 0 aliphatic carbocycles. The van der Waals surface area contributed by atoms with Crippen molar-refractivity contribution >= 4 is 21.4 Å². The SMILES string of the molecule is COc1ccc(NC(=O)c2ccc(S(=O)(=O)c3ccccc3)cc2)cc1OCCN(C(C)C)C(C)C. The Morgan fingerprint density at radius 2 is 1.47 bits per heavy atom. The maximum absolute atomic E-state index is 12.8. The highest BCUT2D eigenvalue weighted by Crippen LogP contribution is 2.30. The van der Waals surface area contributed by atoms with E-state index in [-0.39, 0.29) is 15.7 Å². The van der Waals surface area contributed by atoms with Crippen LogP contribution in [0.4, 0.5) is 5.69 Å². The summed E-state index contributed by atoms with van der Waals surface area (Å²) < 4.78 is 37.0. The first-order valence-corrected chi connectivity index (χ1v) is 13.4. The molecule has 0 aliphatic heterocycles. The molecule has 192 valence electrons. The lowest BCUT2D eigenvalue weighted by Gasteiger charge is -2.30. The monoisotopic (exact) mass is 510 g/mol. The number of ether oxygens (including phenoxy) is 2. The second-order valence-corrected chi connectivity index (χ2v) is 10.9. The molecule has 0 saturated carbocycles. The molecular formula is C28H34N2O5S. The van der Waals surface area contributed by atoms with Crippen molar-refractivity contribution in [2.75, 3.05) is 25.6 Å². The second kappa shape index (κ2) is 12.1. The van der Waals surface area contributed by atoms with Gasteiger partial charge in [0.2, 0.25) is 9.84 Å². The van der Waals surface area contributed by atoms with Crippen molar-refractivity contribution in [1.29, 1.82) is 0 Å². The predicted octanol–water partition coefficient (Wildman–Crippen LogP) is 5.28. The standard InChI is InChI=1S/C28H34N2O5S/c1-20(2)30(21(3)4)17-18-35-27-19-23(13-16-26(27)34-5)29-28(31)22-11-14-25(15-12-22)36(32,33)24-9-7-6-8-10-24/h6-16,19-21H,17-18H2,1-5H3,(H,29,31). The minimum absolute atomic E-state index is 0.127. The Morgan fingerprint density at radius 1 is 0.861 bits per heavy atom. The summed E-state index contributed by atoms with van der Waals surface area (Å²) >= 11 is 0. The van der Waals surface area contributed by atoms with E-state index in [1.54, 1.807) is 55.6 Å². The fourth-order valence-electron chi connectivity index (χ4n) is 3.97. The molecule has 0 aromatic heterocycles. The van der Waals surface area contributed by atoms with Crippen LogP contribution in [0.5, 0.6) is 11.5 Å². The number of benzene rings is 3. The first-order chi connectivity index (χ1) is 17.1. The molecule has 1 N–H and O–H groups in total. The van der Waals surface area contributed by atoms with E-state index in [2.05, 4.69) is 37.9 Å². The molecule has 0 spiro atoms. The van der Waals surface area contributed by atoms with Crippen molar-refractivity contribution in [2.24, 2.45) is 0 Å². The predicted molar refractivity (Wildman–Crippen MR) is 142 cm³/mol. The van der Waals surface area contributed by atoms with Crippen LogP contribution in [0, 0.1) is 0 Å². The Kier molecular flexibility index (Phi) is 9.12. The molecule has 0 bridgehead atoms. The van der Waals surface area contributed by atoms with Crippen LogP contribution < -0.4 is 14.8 Å². The quantitative estimate of drug-likeness (QED) is 0.378. The summed E-state index contributed by atoms with van der Waals surface area (Å²) in [7, 11) is -2.08. The summed E-state index contributed by atoms with van der Waals surface area (Å²) in [5, 5.41) is 2.84. The molecular weight excluding hydrogens is 476 g/mol. The molecule has 0 heterocycles. The first kappa shape index (κ1) is 27.2. The number of sulfone groups is 1. The van der Waals surface area contributed by atoms with Crippen LogP contribution in [0.15, 0.2) is 82.6 Å². The molecule has 7 nitrogen and oxygen atoms in total. The number of nitrogens with zero attached hydrogens (tertiary/aromatic N) is 1. The van der Waals surface area contributed by atoms with Crippen molar-refractivity contribution in [3.8, 4) is 11.5 Å². The molecule has 3 aromatic carbocycles. The van der Waals surface area contributed by atoms with Gasteiger partial charge in [-0.15, -0.1) is 0 Å². The molecule has 3 aromatic rings. The number of rotatable bonds is 11. The summed E-state index contributed by atoms with van der Waals surface area (Å²) in [6, 6.07) is 20.1. The highest BCUT2D eigenvalue weighted by Gasteiger charge is 2.18. The highest BCUT2D eigenvalue weighted by atomic mass is 32.2. The number of hydrogen-bond donors (Lipinski definition) is 1. The zero-order valence-electron chi connectivity index (χ0n) is 21.4. The molecule has 0 fully saturated rings. The third kappa shape index (κ3) is 6.65. The summed E-state index contributed by atoms with van der Waals surface area (Å²) in [5.74, 6) is 0.747. The van der Waals surface area contributed by atoms with Gasteiger partial charge in [-0.3, -0.25) is 9.69 Å². The van der Waals surface area contributed by atoms with Gasteiger partial charge in [0, 0.05) is 35.9 Å². The highest BCUT2D eigenvalue weighted by molar-refractivity contribution is 7.91. The van der Waals surface area contributed by atoms with Gasteiger partial charge < -0.3 is 14.8 Å². The molecule has 36 heavy (non-hydrogen) atoms. The summed E-state index contributed by atoms with van der Waals surface area (Å²) in [6.45, 7) is 9.84. The molecule has 0 unspecified atom stereocenters. The van der Waals surface area contributed by atoms with E-state index in [1.807, 2.05) is 0 Å². The van der Waals surface area contributed by atoms with Gasteiger partial charge in [-0.25, -0.2) is 8.42 Å². The largest absolute Gasteiger partial charge is 0.493 e. The Balaban J connectivity index is 1.70. The number of nitrogens with one attached hydrogen (secondary N) is 1. The molecule has 0 saturated heterocycles. The fraction of sp³-hybridized carbons (Fsp3) is 0.321. The lowest BCUT2D eigenvalue weighted by atomic mass is 10.2. The topological polar surface area (TPSA) is 84.9 Å².